The number of carboxylic acid groups (broad SMARTS) is 2. The summed E-state index contributed by atoms with van der Waals surface area (Å²) in [6.07, 6.45) is 1.01. The largest absolute Gasteiger partial charge is 0.480 e. The number of rotatable bonds is 10. The molecule has 1 aromatic heterocycles. The number of aliphatic carboxylic acids is 1. The maximum absolute atomic E-state index is 12.7. The van der Waals surface area contributed by atoms with Gasteiger partial charge in [0.1, 0.15) is 5.75 Å². The van der Waals surface area contributed by atoms with Gasteiger partial charge in [-0.2, -0.15) is 0 Å². The van der Waals surface area contributed by atoms with Gasteiger partial charge in [-0.3, -0.25) is 4.79 Å². The quantitative estimate of drug-likeness (QED) is 0.360. The van der Waals surface area contributed by atoms with Gasteiger partial charge in [0, 0.05) is 12.5 Å². The number of ether oxygens (including phenoxy) is 2. The number of thiophene rings is 1. The Morgan fingerprint density at radius 3 is 2.64 bits per heavy atom. The molecular formula is C22H25BrN2O7S. The Kier molecular flexibility index (Phi) is 8.70. The summed E-state index contributed by atoms with van der Waals surface area (Å²) in [4.78, 5) is 35.7. The Morgan fingerprint density at radius 2 is 2.00 bits per heavy atom. The van der Waals surface area contributed by atoms with Crippen LogP contribution < -0.4 is 20.1 Å². The van der Waals surface area contributed by atoms with E-state index in [4.69, 9.17) is 14.6 Å². The Balaban J connectivity index is 1.90. The van der Waals surface area contributed by atoms with Crippen LogP contribution in [0.1, 0.15) is 29.4 Å². The number of nitrogens with one attached hydrogen (secondary N) is 2. The topological polar surface area (TPSA) is 134 Å². The van der Waals surface area contributed by atoms with E-state index < -0.39 is 24.6 Å². The molecule has 1 fully saturated rings. The van der Waals surface area contributed by atoms with Crippen LogP contribution in [0.5, 0.6) is 11.5 Å². The monoisotopic (exact) mass is 540 g/mol. The molecule has 1 aliphatic heterocycles. The summed E-state index contributed by atoms with van der Waals surface area (Å²) in [6, 6.07) is 7.02. The highest BCUT2D eigenvalue weighted by Crippen LogP contribution is 2.46. The molecule has 4 N–H and O–H groups in total. The first-order chi connectivity index (χ1) is 15.8. The summed E-state index contributed by atoms with van der Waals surface area (Å²) >= 11 is 4.32. The number of hydrogen-bond donors (Lipinski definition) is 4. The minimum Gasteiger partial charge on any atom is -0.480 e. The van der Waals surface area contributed by atoms with Gasteiger partial charge in [0.2, 0.25) is 0 Å². The number of piperidine rings is 1. The molecular weight excluding hydrogens is 516 g/mol. The molecule has 33 heavy (non-hydrogen) atoms. The molecule has 1 amide bonds. The van der Waals surface area contributed by atoms with Crippen LogP contribution in [-0.2, 0) is 9.59 Å². The number of benzene rings is 1. The zero-order chi connectivity index (χ0) is 24.0. The number of carbonyl (C=O) groups is 3. The predicted octanol–water partition coefficient (Wildman–Crippen LogP) is 3.22. The van der Waals surface area contributed by atoms with Gasteiger partial charge in [-0.15, -0.1) is 11.3 Å². The molecule has 3 rings (SSSR count). The van der Waals surface area contributed by atoms with E-state index >= 15 is 0 Å². The Bertz CT molecular complexity index is 1020. The smallest absolute Gasteiger partial charge is 0.349 e. The highest BCUT2D eigenvalue weighted by molar-refractivity contribution is 9.10. The molecule has 0 bridgehead atoms. The normalized spacial score (nSPS) is 15.0. The maximum Gasteiger partial charge on any atom is 0.349 e. The van der Waals surface area contributed by atoms with Crippen LogP contribution >= 0.6 is 27.3 Å². The van der Waals surface area contributed by atoms with Gasteiger partial charge < -0.3 is 30.3 Å². The van der Waals surface area contributed by atoms with E-state index in [-0.39, 0.29) is 22.5 Å². The molecule has 1 atom stereocenters. The third-order valence-corrected chi connectivity index (χ3v) is 7.35. The van der Waals surface area contributed by atoms with E-state index in [2.05, 4.69) is 26.6 Å². The highest BCUT2D eigenvalue weighted by Gasteiger charge is 2.31. The van der Waals surface area contributed by atoms with Crippen molar-refractivity contribution in [1.29, 1.82) is 0 Å². The molecule has 1 aliphatic rings. The first-order valence-electron chi connectivity index (χ1n) is 10.5. The van der Waals surface area contributed by atoms with E-state index in [9.17, 15) is 19.5 Å². The van der Waals surface area contributed by atoms with Gasteiger partial charge in [0.05, 0.1) is 9.35 Å². The molecule has 0 saturated carbocycles. The van der Waals surface area contributed by atoms with E-state index in [1.54, 1.807) is 24.3 Å². The van der Waals surface area contributed by atoms with Crippen LogP contribution in [0.2, 0.25) is 0 Å². The van der Waals surface area contributed by atoms with E-state index in [1.807, 2.05) is 6.92 Å². The first kappa shape index (κ1) is 25.0. The van der Waals surface area contributed by atoms with Crippen molar-refractivity contribution in [3.8, 4) is 21.9 Å². The summed E-state index contributed by atoms with van der Waals surface area (Å²) in [6.45, 7) is 3.34. The van der Waals surface area contributed by atoms with Gasteiger partial charge in [-0.05, 0) is 66.5 Å². The van der Waals surface area contributed by atoms with Crippen molar-refractivity contribution < 1.29 is 34.1 Å². The van der Waals surface area contributed by atoms with Crippen molar-refractivity contribution in [3.05, 3.63) is 33.6 Å². The standard InChI is InChI=1S/C22H25BrN2O7S/c1-2-25-21(28)17(12-6-8-24-9-7-12)32-14-5-3-4-13(10-14)19-16(23)18(31-11-15(26)27)20(33-19)22(29)30/h3-5,10,12,17,24H,2,6-9,11H2,1H3,(H,25,28)(H,26,27)(H,29,30). The van der Waals surface area contributed by atoms with Crippen LogP contribution in [0.3, 0.4) is 0 Å². The molecule has 0 radical (unpaired) electrons. The second kappa shape index (κ2) is 11.5. The Hall–Kier alpha value is -2.63. The number of hydrogen-bond acceptors (Lipinski definition) is 7. The SMILES string of the molecule is CCNC(=O)C(Oc1cccc(-c2sc(C(=O)O)c(OCC(=O)O)c2Br)c1)C1CCNCC1. The lowest BCUT2D eigenvalue weighted by atomic mass is 9.91. The number of amides is 1. The summed E-state index contributed by atoms with van der Waals surface area (Å²) in [5.74, 6) is -2.08. The van der Waals surface area contributed by atoms with Gasteiger partial charge in [0.25, 0.3) is 5.91 Å². The Morgan fingerprint density at radius 1 is 1.27 bits per heavy atom. The number of likely N-dealkylation sites (N-methyl/N-ethyl adjacent to an activating group) is 1. The summed E-state index contributed by atoms with van der Waals surface area (Å²) < 4.78 is 11.7. The second-order valence-corrected chi connectivity index (χ2v) is 9.25. The molecule has 9 nitrogen and oxygen atoms in total. The zero-order valence-corrected chi connectivity index (χ0v) is 20.3. The zero-order valence-electron chi connectivity index (χ0n) is 17.9. The highest BCUT2D eigenvalue weighted by atomic mass is 79.9. The lowest BCUT2D eigenvalue weighted by Gasteiger charge is -2.30. The fourth-order valence-corrected chi connectivity index (χ4v) is 5.52. The molecule has 1 aromatic carbocycles. The van der Waals surface area contributed by atoms with Crippen LogP contribution in [0, 0.1) is 5.92 Å². The van der Waals surface area contributed by atoms with E-state index in [0.717, 1.165) is 37.3 Å². The minimum atomic E-state index is -1.22. The molecule has 1 saturated heterocycles. The third-order valence-electron chi connectivity index (χ3n) is 5.12. The average molecular weight is 541 g/mol. The van der Waals surface area contributed by atoms with Gasteiger partial charge in [-0.25, -0.2) is 9.59 Å². The van der Waals surface area contributed by atoms with Crippen LogP contribution in [0.25, 0.3) is 10.4 Å². The minimum absolute atomic E-state index is 0.0360. The van der Waals surface area contributed by atoms with Crippen LogP contribution in [0.4, 0.5) is 0 Å². The average Bonchev–Trinajstić information content (AvgIpc) is 3.13. The first-order valence-corrected chi connectivity index (χ1v) is 12.1. The molecule has 1 unspecified atom stereocenters. The lowest BCUT2D eigenvalue weighted by molar-refractivity contribution is -0.139. The lowest BCUT2D eigenvalue weighted by Crippen LogP contribution is -2.46. The van der Waals surface area contributed by atoms with Gasteiger partial charge in [0.15, 0.2) is 23.3 Å². The molecule has 0 aliphatic carbocycles. The van der Waals surface area contributed by atoms with E-state index in [0.29, 0.717) is 27.2 Å². The summed E-state index contributed by atoms with van der Waals surface area (Å²) in [7, 11) is 0. The number of halogens is 1. The molecule has 2 aromatic rings. The number of aromatic carboxylic acids is 1. The van der Waals surface area contributed by atoms with Crippen molar-refractivity contribution in [2.24, 2.45) is 5.92 Å². The van der Waals surface area contributed by atoms with Crippen molar-refractivity contribution in [3.63, 3.8) is 0 Å². The van der Waals surface area contributed by atoms with E-state index in [1.165, 1.54) is 0 Å². The molecule has 0 spiro atoms. The third kappa shape index (κ3) is 6.24. The van der Waals surface area contributed by atoms with Crippen molar-refractivity contribution >= 4 is 45.1 Å². The fraction of sp³-hybridized carbons (Fsp3) is 0.409. The Labute approximate surface area is 203 Å². The van der Waals surface area contributed by atoms with Crippen LogP contribution in [-0.4, -0.2) is 60.4 Å². The van der Waals surface area contributed by atoms with Crippen molar-refractivity contribution in [2.45, 2.75) is 25.9 Å². The molecule has 178 valence electrons. The van der Waals surface area contributed by atoms with Crippen LogP contribution in [0.15, 0.2) is 28.7 Å². The molecule has 11 heteroatoms. The van der Waals surface area contributed by atoms with Gasteiger partial charge in [-0.1, -0.05) is 12.1 Å². The predicted molar refractivity (Wildman–Crippen MR) is 126 cm³/mol. The van der Waals surface area contributed by atoms with Gasteiger partial charge >= 0.3 is 11.9 Å². The number of carbonyl (C=O) groups excluding carboxylic acids is 1. The fourth-order valence-electron chi connectivity index (χ4n) is 3.63. The van der Waals surface area contributed by atoms with Crippen molar-refractivity contribution in [1.82, 2.24) is 10.6 Å². The maximum atomic E-state index is 12.7. The van der Waals surface area contributed by atoms with Crippen molar-refractivity contribution in [2.75, 3.05) is 26.2 Å². The number of carboxylic acids is 2. The summed E-state index contributed by atoms with van der Waals surface area (Å²) in [5.41, 5.74) is 0.650. The second-order valence-electron chi connectivity index (χ2n) is 7.44. The summed E-state index contributed by atoms with van der Waals surface area (Å²) in [5, 5.41) is 24.6. The molecule has 2 heterocycles.